The largest absolute Gasteiger partial charge is 0.490 e. The Kier molecular flexibility index (Phi) is 3.17. The minimum Gasteiger partial charge on any atom is -0.490 e. The Balaban J connectivity index is 3.86. The fourth-order valence-corrected chi connectivity index (χ4v) is 0.271. The van der Waals surface area contributed by atoms with Crippen LogP contribution in [0.2, 0.25) is 0 Å². The lowest BCUT2D eigenvalue weighted by Gasteiger charge is -1.99. The molecule has 10 heavy (non-hydrogen) atoms. The molecule has 0 aromatic rings. The summed E-state index contributed by atoms with van der Waals surface area (Å²) in [5, 5.41) is 0. The average Bonchev–Trinajstić information content (AvgIpc) is 1.85. The van der Waals surface area contributed by atoms with E-state index >= 15 is 0 Å². The molecular formula is C6H8O4. The minimum atomic E-state index is -0.852. The Morgan fingerprint density at radius 3 is 2.20 bits per heavy atom. The van der Waals surface area contributed by atoms with Gasteiger partial charge in [0, 0.05) is 6.92 Å². The van der Waals surface area contributed by atoms with Crippen LogP contribution in [0.25, 0.3) is 0 Å². The third kappa shape index (κ3) is 2.86. The van der Waals surface area contributed by atoms with Gasteiger partial charge in [0.25, 0.3) is 0 Å². The van der Waals surface area contributed by atoms with E-state index in [9.17, 15) is 9.59 Å². The van der Waals surface area contributed by atoms with Crippen LogP contribution in [0, 0.1) is 0 Å². The Morgan fingerprint density at radius 1 is 1.40 bits per heavy atom. The van der Waals surface area contributed by atoms with Gasteiger partial charge in [0.1, 0.15) is 0 Å². The van der Waals surface area contributed by atoms with Crippen molar-refractivity contribution >= 4 is 11.9 Å². The summed E-state index contributed by atoms with van der Waals surface area (Å²) in [4.78, 5) is 20.7. The van der Waals surface area contributed by atoms with Gasteiger partial charge in [-0.1, -0.05) is 0 Å². The maximum Gasteiger partial charge on any atom is 0.380 e. The van der Waals surface area contributed by atoms with Crippen molar-refractivity contribution in [3.05, 3.63) is 12.3 Å². The van der Waals surface area contributed by atoms with Gasteiger partial charge in [-0.2, -0.15) is 0 Å². The summed E-state index contributed by atoms with van der Waals surface area (Å²) in [5.41, 5.74) is 0. The summed E-state index contributed by atoms with van der Waals surface area (Å²) in [6, 6.07) is 0. The van der Waals surface area contributed by atoms with Gasteiger partial charge < -0.3 is 9.47 Å². The summed E-state index contributed by atoms with van der Waals surface area (Å²) in [5.74, 6) is -1.71. The zero-order valence-electron chi connectivity index (χ0n) is 5.84. The fourth-order valence-electron chi connectivity index (χ4n) is 0.271. The molecule has 0 heterocycles. The van der Waals surface area contributed by atoms with E-state index in [4.69, 9.17) is 0 Å². The van der Waals surface area contributed by atoms with Crippen molar-refractivity contribution in [1.29, 1.82) is 0 Å². The maximum atomic E-state index is 10.5. The molecule has 4 heteroatoms. The first kappa shape index (κ1) is 8.68. The first-order valence-corrected chi connectivity index (χ1v) is 2.53. The minimum absolute atomic E-state index is 0.185. The molecule has 0 aliphatic heterocycles. The van der Waals surface area contributed by atoms with Crippen LogP contribution >= 0.6 is 0 Å². The van der Waals surface area contributed by atoms with Crippen LogP contribution in [0.1, 0.15) is 6.92 Å². The molecule has 56 valence electrons. The zero-order valence-corrected chi connectivity index (χ0v) is 5.84. The SMILES string of the molecule is C=C(OC)C(=O)OC(C)=O. The van der Waals surface area contributed by atoms with Crippen LogP contribution in [0.4, 0.5) is 0 Å². The molecule has 0 saturated carbocycles. The lowest BCUT2D eigenvalue weighted by atomic mass is 10.6. The van der Waals surface area contributed by atoms with Gasteiger partial charge >= 0.3 is 11.9 Å². The molecule has 0 fully saturated rings. The highest BCUT2D eigenvalue weighted by atomic mass is 16.6. The van der Waals surface area contributed by atoms with Crippen molar-refractivity contribution in [2.75, 3.05) is 7.11 Å². The molecule has 0 radical (unpaired) electrons. The van der Waals surface area contributed by atoms with Gasteiger partial charge in [-0.05, 0) is 6.58 Å². The van der Waals surface area contributed by atoms with Crippen molar-refractivity contribution in [2.24, 2.45) is 0 Å². The van der Waals surface area contributed by atoms with E-state index in [0.29, 0.717) is 0 Å². The molecule has 0 aromatic carbocycles. The van der Waals surface area contributed by atoms with Crippen LogP contribution in [0.3, 0.4) is 0 Å². The smallest absolute Gasteiger partial charge is 0.380 e. The summed E-state index contributed by atoms with van der Waals surface area (Å²) in [6.07, 6.45) is 0. The molecule has 0 spiro atoms. The molecule has 4 nitrogen and oxygen atoms in total. The number of esters is 2. The Hall–Kier alpha value is -1.32. The molecular weight excluding hydrogens is 136 g/mol. The molecule has 0 N–H and O–H groups in total. The quantitative estimate of drug-likeness (QED) is 0.241. The fraction of sp³-hybridized carbons (Fsp3) is 0.333. The predicted molar refractivity (Wildman–Crippen MR) is 32.9 cm³/mol. The Morgan fingerprint density at radius 2 is 1.90 bits per heavy atom. The molecule has 0 rings (SSSR count). The maximum absolute atomic E-state index is 10.5. The summed E-state index contributed by atoms with van der Waals surface area (Å²) >= 11 is 0. The van der Waals surface area contributed by atoms with E-state index < -0.39 is 11.9 Å². The molecule has 0 aliphatic carbocycles. The van der Waals surface area contributed by atoms with Crippen molar-refractivity contribution in [2.45, 2.75) is 6.92 Å². The Bertz CT molecular complexity index is 171. The van der Waals surface area contributed by atoms with Gasteiger partial charge in [-0.3, -0.25) is 4.79 Å². The monoisotopic (exact) mass is 144 g/mol. The third-order valence-electron chi connectivity index (χ3n) is 0.710. The number of hydrogen-bond acceptors (Lipinski definition) is 4. The summed E-state index contributed by atoms with van der Waals surface area (Å²) < 4.78 is 8.49. The number of rotatable bonds is 2. The van der Waals surface area contributed by atoms with Crippen LogP contribution in [0.15, 0.2) is 12.3 Å². The zero-order chi connectivity index (χ0) is 8.15. The highest BCUT2D eigenvalue weighted by Gasteiger charge is 2.09. The first-order valence-electron chi connectivity index (χ1n) is 2.53. The predicted octanol–water partition coefficient (Wildman–Crippen LogP) is 0.236. The Labute approximate surface area is 58.4 Å². The van der Waals surface area contributed by atoms with Crippen molar-refractivity contribution in [3.63, 3.8) is 0 Å². The average molecular weight is 144 g/mol. The first-order chi connectivity index (χ1) is 4.57. The number of carbonyl (C=O) groups excluding carboxylic acids is 2. The normalized spacial score (nSPS) is 8.20. The van der Waals surface area contributed by atoms with Crippen molar-refractivity contribution < 1.29 is 19.1 Å². The van der Waals surface area contributed by atoms with Gasteiger partial charge in [0.05, 0.1) is 7.11 Å². The summed E-state index contributed by atoms with van der Waals surface area (Å²) in [7, 11) is 1.27. The van der Waals surface area contributed by atoms with Crippen LogP contribution in [-0.2, 0) is 19.1 Å². The highest BCUT2D eigenvalue weighted by Crippen LogP contribution is 1.93. The van der Waals surface area contributed by atoms with Crippen molar-refractivity contribution in [3.8, 4) is 0 Å². The van der Waals surface area contributed by atoms with E-state index in [0.717, 1.165) is 6.92 Å². The topological polar surface area (TPSA) is 52.6 Å². The molecule has 0 atom stereocenters. The second-order valence-corrected chi connectivity index (χ2v) is 1.51. The summed E-state index contributed by atoms with van der Waals surface area (Å²) in [6.45, 7) is 4.30. The standard InChI is InChI=1S/C6H8O4/c1-4(9-3)6(8)10-5(2)7/h1H2,2-3H3. The van der Waals surface area contributed by atoms with E-state index in [-0.39, 0.29) is 5.76 Å². The molecule has 0 aliphatic rings. The van der Waals surface area contributed by atoms with E-state index in [2.05, 4.69) is 16.1 Å². The second kappa shape index (κ2) is 3.66. The van der Waals surface area contributed by atoms with E-state index in [1.54, 1.807) is 0 Å². The number of hydrogen-bond donors (Lipinski definition) is 0. The molecule has 0 bridgehead atoms. The van der Waals surface area contributed by atoms with Gasteiger partial charge in [-0.25, -0.2) is 4.79 Å². The number of carbonyl (C=O) groups is 2. The molecule has 0 saturated heterocycles. The molecule has 0 amide bonds. The van der Waals surface area contributed by atoms with E-state index in [1.807, 2.05) is 0 Å². The number of ether oxygens (including phenoxy) is 2. The number of methoxy groups -OCH3 is 1. The van der Waals surface area contributed by atoms with Gasteiger partial charge in [0.2, 0.25) is 0 Å². The van der Waals surface area contributed by atoms with E-state index in [1.165, 1.54) is 7.11 Å². The van der Waals surface area contributed by atoms with Crippen molar-refractivity contribution in [1.82, 2.24) is 0 Å². The van der Waals surface area contributed by atoms with Crippen LogP contribution < -0.4 is 0 Å². The van der Waals surface area contributed by atoms with Crippen LogP contribution in [0.5, 0.6) is 0 Å². The van der Waals surface area contributed by atoms with Gasteiger partial charge in [0.15, 0.2) is 5.76 Å². The molecule has 0 aromatic heterocycles. The lowest BCUT2D eigenvalue weighted by molar-refractivity contribution is -0.157. The lowest BCUT2D eigenvalue weighted by Crippen LogP contribution is -2.11. The van der Waals surface area contributed by atoms with Crippen LogP contribution in [-0.4, -0.2) is 19.0 Å². The second-order valence-electron chi connectivity index (χ2n) is 1.51. The third-order valence-corrected chi connectivity index (χ3v) is 0.710. The highest BCUT2D eigenvalue weighted by molar-refractivity contribution is 5.93. The van der Waals surface area contributed by atoms with Gasteiger partial charge in [-0.15, -0.1) is 0 Å². The molecule has 0 unspecified atom stereocenters.